The van der Waals surface area contributed by atoms with Crippen molar-refractivity contribution in [2.24, 2.45) is 0 Å². The van der Waals surface area contributed by atoms with Gasteiger partial charge in [0.05, 0.1) is 11.4 Å². The van der Waals surface area contributed by atoms with Crippen molar-refractivity contribution < 1.29 is 9.50 Å². The van der Waals surface area contributed by atoms with Gasteiger partial charge >= 0.3 is 0 Å². The van der Waals surface area contributed by atoms with Gasteiger partial charge in [0.2, 0.25) is 0 Å². The molecule has 0 fully saturated rings. The van der Waals surface area contributed by atoms with E-state index in [0.717, 1.165) is 6.07 Å². The Morgan fingerprint density at radius 3 is 2.40 bits per heavy atom. The number of hydrogen-bond acceptors (Lipinski definition) is 3. The minimum Gasteiger partial charge on any atom is -0.508 e. The first-order chi connectivity index (χ1) is 4.61. The van der Waals surface area contributed by atoms with Crippen LogP contribution in [0, 0.1) is 5.82 Å². The zero-order valence-corrected chi connectivity index (χ0v) is 5.13. The van der Waals surface area contributed by atoms with E-state index in [4.69, 9.17) is 16.6 Å². The third-order valence-electron chi connectivity index (χ3n) is 1.15. The summed E-state index contributed by atoms with van der Waals surface area (Å²) in [7, 11) is 0. The number of hydrogen-bond donors (Lipinski definition) is 3. The van der Waals surface area contributed by atoms with Crippen molar-refractivity contribution in [3.8, 4) is 5.75 Å². The minimum atomic E-state index is -0.697. The second kappa shape index (κ2) is 2.06. The van der Waals surface area contributed by atoms with Crippen LogP contribution in [0.4, 0.5) is 15.8 Å². The molecule has 0 spiro atoms. The molecule has 3 nitrogen and oxygen atoms in total. The highest BCUT2D eigenvalue weighted by molar-refractivity contribution is 5.65. The highest BCUT2D eigenvalue weighted by atomic mass is 19.1. The van der Waals surface area contributed by atoms with Crippen molar-refractivity contribution in [3.05, 3.63) is 17.9 Å². The predicted molar refractivity (Wildman–Crippen MR) is 36.9 cm³/mol. The molecular weight excluding hydrogens is 135 g/mol. The molecular formula is C6H7FN2O. The van der Waals surface area contributed by atoms with Gasteiger partial charge in [0.1, 0.15) is 5.75 Å². The number of benzene rings is 1. The average molecular weight is 142 g/mol. The SMILES string of the molecule is Nc1cc(O)cc(F)c1N. The fourth-order valence-electron chi connectivity index (χ4n) is 0.624. The van der Waals surface area contributed by atoms with Crippen LogP contribution < -0.4 is 11.5 Å². The maximum Gasteiger partial charge on any atom is 0.151 e. The van der Waals surface area contributed by atoms with Gasteiger partial charge < -0.3 is 16.6 Å². The molecule has 54 valence electrons. The molecule has 5 N–H and O–H groups in total. The Morgan fingerprint density at radius 1 is 1.30 bits per heavy atom. The van der Waals surface area contributed by atoms with E-state index in [1.165, 1.54) is 6.07 Å². The van der Waals surface area contributed by atoms with E-state index in [1.54, 1.807) is 0 Å². The van der Waals surface area contributed by atoms with E-state index in [2.05, 4.69) is 0 Å². The first-order valence-corrected chi connectivity index (χ1v) is 2.64. The molecule has 0 atom stereocenters. The second-order valence-corrected chi connectivity index (χ2v) is 1.93. The highest BCUT2D eigenvalue weighted by Gasteiger charge is 2.02. The molecule has 1 rings (SSSR count). The Bertz CT molecular complexity index is 239. The molecule has 0 heterocycles. The highest BCUT2D eigenvalue weighted by Crippen LogP contribution is 2.23. The van der Waals surface area contributed by atoms with Gasteiger partial charge in [0.25, 0.3) is 0 Å². The average Bonchev–Trinajstić information content (AvgIpc) is 1.82. The molecule has 4 heteroatoms. The van der Waals surface area contributed by atoms with E-state index in [1.807, 2.05) is 0 Å². The Morgan fingerprint density at radius 2 is 1.90 bits per heavy atom. The topological polar surface area (TPSA) is 72.3 Å². The number of halogens is 1. The van der Waals surface area contributed by atoms with Gasteiger partial charge in [-0.15, -0.1) is 0 Å². The van der Waals surface area contributed by atoms with Crippen molar-refractivity contribution in [1.82, 2.24) is 0 Å². The van der Waals surface area contributed by atoms with E-state index in [0.29, 0.717) is 0 Å². The van der Waals surface area contributed by atoms with Crippen LogP contribution in [0.25, 0.3) is 0 Å². The standard InChI is InChI=1S/C6H7FN2O/c7-4-1-3(10)2-5(8)6(4)9/h1-2,10H,8-9H2. The lowest BCUT2D eigenvalue weighted by Gasteiger charge is -2.00. The van der Waals surface area contributed by atoms with Crippen molar-refractivity contribution >= 4 is 11.4 Å². The molecule has 0 aromatic heterocycles. The largest absolute Gasteiger partial charge is 0.508 e. The van der Waals surface area contributed by atoms with E-state index >= 15 is 0 Å². The Kier molecular flexibility index (Phi) is 1.37. The number of anilines is 2. The fourth-order valence-corrected chi connectivity index (χ4v) is 0.624. The van der Waals surface area contributed by atoms with Crippen LogP contribution >= 0.6 is 0 Å². The monoisotopic (exact) mass is 142 g/mol. The van der Waals surface area contributed by atoms with Gasteiger partial charge in [-0.05, 0) is 0 Å². The van der Waals surface area contributed by atoms with Crippen LogP contribution in [0.3, 0.4) is 0 Å². The molecule has 0 bridgehead atoms. The maximum absolute atomic E-state index is 12.5. The minimum absolute atomic E-state index is 0.0532. The summed E-state index contributed by atoms with van der Waals surface area (Å²) in [6, 6.07) is 2.10. The quantitative estimate of drug-likeness (QED) is 0.368. The summed E-state index contributed by atoms with van der Waals surface area (Å²) in [4.78, 5) is 0. The van der Waals surface area contributed by atoms with E-state index in [9.17, 15) is 4.39 Å². The Labute approximate surface area is 57.1 Å². The van der Waals surface area contributed by atoms with Crippen molar-refractivity contribution in [2.75, 3.05) is 11.5 Å². The molecule has 0 saturated carbocycles. The lowest BCUT2D eigenvalue weighted by Crippen LogP contribution is -1.96. The fraction of sp³-hybridized carbons (Fsp3) is 0. The summed E-state index contributed by atoms with van der Waals surface area (Å²) < 4.78 is 12.5. The third kappa shape index (κ3) is 0.953. The second-order valence-electron chi connectivity index (χ2n) is 1.93. The van der Waals surface area contributed by atoms with E-state index in [-0.39, 0.29) is 17.1 Å². The molecule has 0 aliphatic rings. The first-order valence-electron chi connectivity index (χ1n) is 2.64. The van der Waals surface area contributed by atoms with Crippen LogP contribution in [0.15, 0.2) is 12.1 Å². The molecule has 0 aliphatic carbocycles. The van der Waals surface area contributed by atoms with Gasteiger partial charge in [-0.2, -0.15) is 0 Å². The van der Waals surface area contributed by atoms with Crippen LogP contribution in [0.2, 0.25) is 0 Å². The number of nitrogen functional groups attached to an aromatic ring is 2. The van der Waals surface area contributed by atoms with Gasteiger partial charge in [0.15, 0.2) is 5.82 Å². The normalized spacial score (nSPS) is 9.70. The molecule has 1 aromatic rings. The summed E-state index contributed by atoms with van der Waals surface area (Å²) in [6.45, 7) is 0. The lowest BCUT2D eigenvalue weighted by atomic mass is 10.2. The lowest BCUT2D eigenvalue weighted by molar-refractivity contribution is 0.470. The number of rotatable bonds is 0. The van der Waals surface area contributed by atoms with Gasteiger partial charge in [0, 0.05) is 12.1 Å². The van der Waals surface area contributed by atoms with Crippen LogP contribution in [0.1, 0.15) is 0 Å². The zero-order valence-electron chi connectivity index (χ0n) is 5.13. The molecule has 10 heavy (non-hydrogen) atoms. The summed E-state index contributed by atoms with van der Waals surface area (Å²) >= 11 is 0. The van der Waals surface area contributed by atoms with Gasteiger partial charge in [-0.25, -0.2) is 4.39 Å². The summed E-state index contributed by atoms with van der Waals surface area (Å²) in [6.07, 6.45) is 0. The molecule has 0 unspecified atom stereocenters. The molecule has 0 aliphatic heterocycles. The molecule has 0 radical (unpaired) electrons. The third-order valence-corrected chi connectivity index (χ3v) is 1.15. The number of aromatic hydroxyl groups is 1. The molecule has 1 aromatic carbocycles. The van der Waals surface area contributed by atoms with Crippen molar-refractivity contribution in [3.63, 3.8) is 0 Å². The summed E-state index contributed by atoms with van der Waals surface area (Å²) in [5, 5.41) is 8.74. The van der Waals surface area contributed by atoms with Crippen LogP contribution in [-0.4, -0.2) is 5.11 Å². The summed E-state index contributed by atoms with van der Waals surface area (Å²) in [5.41, 5.74) is 10.3. The number of phenols is 1. The predicted octanol–water partition coefficient (Wildman–Crippen LogP) is 0.696. The number of phenolic OH excluding ortho intramolecular Hbond substituents is 1. The van der Waals surface area contributed by atoms with Gasteiger partial charge in [-0.1, -0.05) is 0 Å². The Balaban J connectivity index is 3.31. The maximum atomic E-state index is 12.5. The molecule has 0 saturated heterocycles. The van der Waals surface area contributed by atoms with Gasteiger partial charge in [-0.3, -0.25) is 0 Å². The molecule has 0 amide bonds. The smallest absolute Gasteiger partial charge is 0.151 e. The summed E-state index contributed by atoms with van der Waals surface area (Å²) in [5.74, 6) is -0.915. The van der Waals surface area contributed by atoms with E-state index < -0.39 is 5.82 Å². The van der Waals surface area contributed by atoms with Crippen LogP contribution in [0.5, 0.6) is 5.75 Å². The number of nitrogens with two attached hydrogens (primary N) is 2. The van der Waals surface area contributed by atoms with Crippen molar-refractivity contribution in [2.45, 2.75) is 0 Å². The van der Waals surface area contributed by atoms with Crippen molar-refractivity contribution in [1.29, 1.82) is 0 Å². The first kappa shape index (κ1) is 6.67. The van der Waals surface area contributed by atoms with Crippen LogP contribution in [-0.2, 0) is 0 Å². The Hall–Kier alpha value is -1.45. The zero-order chi connectivity index (χ0) is 7.72.